The number of rotatable bonds is 4. The van der Waals surface area contributed by atoms with Gasteiger partial charge < -0.3 is 4.74 Å². The standard InChI is InChI=1S/C19H22ClN3O3/c1-26-14-7-4-12(5-8-14)18(24)22-23-17(11-2-3-11)21-16-10-13(20)6-9-15(16)19(23)25/h6,9-12,14H,2-5,7-8H2,1H3,(H,22,24). The molecule has 7 heteroatoms. The van der Waals surface area contributed by atoms with Crippen LogP contribution in [-0.4, -0.2) is 28.8 Å². The summed E-state index contributed by atoms with van der Waals surface area (Å²) in [5.74, 6) is 0.638. The van der Waals surface area contributed by atoms with Crippen LogP contribution >= 0.6 is 11.6 Å². The van der Waals surface area contributed by atoms with Crippen LogP contribution in [0.5, 0.6) is 0 Å². The van der Waals surface area contributed by atoms with Gasteiger partial charge in [0.2, 0.25) is 5.91 Å². The SMILES string of the molecule is COC1CCC(C(=O)Nn2c(C3CC3)nc3cc(Cl)ccc3c2=O)CC1. The number of nitrogens with zero attached hydrogens (tertiary/aromatic N) is 2. The highest BCUT2D eigenvalue weighted by atomic mass is 35.5. The van der Waals surface area contributed by atoms with Crippen LogP contribution in [0.15, 0.2) is 23.0 Å². The molecule has 0 aliphatic heterocycles. The van der Waals surface area contributed by atoms with Gasteiger partial charge in [-0.1, -0.05) is 11.6 Å². The molecule has 138 valence electrons. The fourth-order valence-corrected chi connectivity index (χ4v) is 3.83. The molecule has 0 unspecified atom stereocenters. The van der Waals surface area contributed by atoms with Crippen molar-refractivity contribution in [3.63, 3.8) is 0 Å². The molecule has 4 rings (SSSR count). The number of carbonyl (C=O) groups excluding carboxylic acids is 1. The van der Waals surface area contributed by atoms with Gasteiger partial charge in [-0.05, 0) is 56.7 Å². The molecule has 1 aromatic heterocycles. The van der Waals surface area contributed by atoms with Gasteiger partial charge in [0.05, 0.1) is 17.0 Å². The molecule has 1 N–H and O–H groups in total. The van der Waals surface area contributed by atoms with Crippen LogP contribution in [0.4, 0.5) is 0 Å². The minimum absolute atomic E-state index is 0.0960. The van der Waals surface area contributed by atoms with Crippen LogP contribution in [0.3, 0.4) is 0 Å². The van der Waals surface area contributed by atoms with Crippen molar-refractivity contribution in [1.29, 1.82) is 0 Å². The van der Waals surface area contributed by atoms with Crippen molar-refractivity contribution < 1.29 is 9.53 Å². The molecule has 0 atom stereocenters. The lowest BCUT2D eigenvalue weighted by Crippen LogP contribution is -2.40. The molecule has 0 spiro atoms. The number of methoxy groups -OCH3 is 1. The Hall–Kier alpha value is -1.92. The van der Waals surface area contributed by atoms with E-state index in [4.69, 9.17) is 16.3 Å². The third-order valence-corrected chi connectivity index (χ3v) is 5.64. The summed E-state index contributed by atoms with van der Waals surface area (Å²) in [6, 6.07) is 5.03. The third kappa shape index (κ3) is 3.35. The number of hydrogen-bond donors (Lipinski definition) is 1. The van der Waals surface area contributed by atoms with Crippen molar-refractivity contribution in [2.75, 3.05) is 12.5 Å². The van der Waals surface area contributed by atoms with E-state index in [-0.39, 0.29) is 29.4 Å². The molecular formula is C19H22ClN3O3. The lowest BCUT2D eigenvalue weighted by atomic mass is 9.87. The van der Waals surface area contributed by atoms with Gasteiger partial charge in [-0.3, -0.25) is 15.0 Å². The van der Waals surface area contributed by atoms with Gasteiger partial charge in [0.1, 0.15) is 5.82 Å². The van der Waals surface area contributed by atoms with Gasteiger partial charge >= 0.3 is 0 Å². The summed E-state index contributed by atoms with van der Waals surface area (Å²) < 4.78 is 6.73. The maximum Gasteiger partial charge on any atom is 0.280 e. The zero-order chi connectivity index (χ0) is 18.3. The predicted molar refractivity (Wildman–Crippen MR) is 100 cm³/mol. The topological polar surface area (TPSA) is 73.2 Å². The van der Waals surface area contributed by atoms with Gasteiger partial charge in [-0.25, -0.2) is 9.66 Å². The molecule has 1 amide bonds. The number of ether oxygens (including phenoxy) is 1. The van der Waals surface area contributed by atoms with E-state index in [0.717, 1.165) is 38.5 Å². The van der Waals surface area contributed by atoms with Gasteiger partial charge in [0, 0.05) is 24.0 Å². The molecule has 26 heavy (non-hydrogen) atoms. The summed E-state index contributed by atoms with van der Waals surface area (Å²) in [5, 5.41) is 1.00. The predicted octanol–water partition coefficient (Wildman–Crippen LogP) is 3.20. The molecule has 1 aromatic carbocycles. The molecule has 2 aromatic rings. The first-order valence-electron chi connectivity index (χ1n) is 9.12. The van der Waals surface area contributed by atoms with Gasteiger partial charge in [-0.2, -0.15) is 0 Å². The number of benzene rings is 1. The zero-order valence-corrected chi connectivity index (χ0v) is 15.5. The highest BCUT2D eigenvalue weighted by Gasteiger charge is 2.32. The Kier molecular flexibility index (Phi) is 4.71. The fraction of sp³-hybridized carbons (Fsp3) is 0.526. The van der Waals surface area contributed by atoms with Crippen LogP contribution in [0, 0.1) is 5.92 Å². The second-order valence-electron chi connectivity index (χ2n) is 7.23. The van der Waals surface area contributed by atoms with E-state index in [9.17, 15) is 9.59 Å². The average molecular weight is 376 g/mol. The second kappa shape index (κ2) is 7.00. The van der Waals surface area contributed by atoms with Gasteiger partial charge in [0.25, 0.3) is 5.56 Å². The first kappa shape index (κ1) is 17.5. The Morgan fingerprint density at radius 3 is 2.62 bits per heavy atom. The molecule has 6 nitrogen and oxygen atoms in total. The maximum atomic E-state index is 13.0. The molecule has 0 bridgehead atoms. The van der Waals surface area contributed by atoms with Crippen molar-refractivity contribution in [2.45, 2.75) is 50.5 Å². The molecular weight excluding hydrogens is 354 g/mol. The van der Waals surface area contributed by atoms with Gasteiger partial charge in [-0.15, -0.1) is 0 Å². The minimum atomic E-state index is -0.243. The Balaban J connectivity index is 1.64. The summed E-state index contributed by atoms with van der Waals surface area (Å²) in [5.41, 5.74) is 3.17. The summed E-state index contributed by atoms with van der Waals surface area (Å²) in [4.78, 5) is 30.3. The van der Waals surface area contributed by atoms with Gasteiger partial charge in [0.15, 0.2) is 0 Å². The van der Waals surface area contributed by atoms with Crippen molar-refractivity contribution in [2.24, 2.45) is 5.92 Å². The lowest BCUT2D eigenvalue weighted by Gasteiger charge is -2.27. The van der Waals surface area contributed by atoms with Crippen molar-refractivity contribution in [3.05, 3.63) is 39.4 Å². The van der Waals surface area contributed by atoms with E-state index in [0.29, 0.717) is 21.7 Å². The summed E-state index contributed by atoms with van der Waals surface area (Å²) >= 11 is 6.04. The van der Waals surface area contributed by atoms with E-state index in [1.807, 2.05) is 0 Å². The zero-order valence-electron chi connectivity index (χ0n) is 14.7. The van der Waals surface area contributed by atoms with Crippen molar-refractivity contribution in [1.82, 2.24) is 9.66 Å². The van der Waals surface area contributed by atoms with Crippen LogP contribution in [0.2, 0.25) is 5.02 Å². The van der Waals surface area contributed by atoms with Crippen LogP contribution in [-0.2, 0) is 9.53 Å². The highest BCUT2D eigenvalue weighted by molar-refractivity contribution is 6.31. The third-order valence-electron chi connectivity index (χ3n) is 5.40. The molecule has 2 aliphatic carbocycles. The number of aromatic nitrogens is 2. The number of nitrogens with one attached hydrogen (secondary N) is 1. The lowest BCUT2D eigenvalue weighted by molar-refractivity contribution is -0.122. The quantitative estimate of drug-likeness (QED) is 0.890. The Bertz CT molecular complexity index is 899. The fourth-order valence-electron chi connectivity index (χ4n) is 3.66. The van der Waals surface area contributed by atoms with Crippen LogP contribution < -0.4 is 11.0 Å². The van der Waals surface area contributed by atoms with E-state index in [2.05, 4.69) is 10.4 Å². The molecule has 2 fully saturated rings. The van der Waals surface area contributed by atoms with Crippen LogP contribution in [0.25, 0.3) is 10.9 Å². The average Bonchev–Trinajstić information content (AvgIpc) is 3.48. The first-order valence-corrected chi connectivity index (χ1v) is 9.50. The number of halogens is 1. The number of fused-ring (bicyclic) bond motifs is 1. The number of carbonyl (C=O) groups is 1. The van der Waals surface area contributed by atoms with Crippen molar-refractivity contribution >= 4 is 28.4 Å². The highest BCUT2D eigenvalue weighted by Crippen LogP contribution is 2.39. The molecule has 2 aliphatic rings. The summed E-state index contributed by atoms with van der Waals surface area (Å²) in [7, 11) is 1.71. The number of hydrogen-bond acceptors (Lipinski definition) is 4. The van der Waals surface area contributed by atoms with E-state index < -0.39 is 0 Å². The van der Waals surface area contributed by atoms with E-state index in [1.165, 1.54) is 4.68 Å². The monoisotopic (exact) mass is 375 g/mol. The molecule has 0 saturated heterocycles. The normalized spacial score (nSPS) is 23.2. The van der Waals surface area contributed by atoms with E-state index >= 15 is 0 Å². The Labute approximate surface area is 156 Å². The second-order valence-corrected chi connectivity index (χ2v) is 7.67. The van der Waals surface area contributed by atoms with Crippen LogP contribution in [0.1, 0.15) is 50.3 Å². The molecule has 2 saturated carbocycles. The van der Waals surface area contributed by atoms with E-state index in [1.54, 1.807) is 25.3 Å². The Morgan fingerprint density at radius 1 is 1.23 bits per heavy atom. The maximum absolute atomic E-state index is 13.0. The number of amides is 1. The smallest absolute Gasteiger partial charge is 0.280 e. The first-order chi connectivity index (χ1) is 12.6. The molecule has 1 heterocycles. The molecule has 0 radical (unpaired) electrons. The largest absolute Gasteiger partial charge is 0.381 e. The minimum Gasteiger partial charge on any atom is -0.381 e. The van der Waals surface area contributed by atoms with Crippen molar-refractivity contribution in [3.8, 4) is 0 Å². The summed E-state index contributed by atoms with van der Waals surface area (Å²) in [6.45, 7) is 0. The summed E-state index contributed by atoms with van der Waals surface area (Å²) in [6.07, 6.45) is 5.47. The Morgan fingerprint density at radius 2 is 1.96 bits per heavy atom.